The largest absolute Gasteiger partial charge is 0.333 e. The van der Waals surface area contributed by atoms with E-state index >= 15 is 0 Å². The molecule has 0 unspecified atom stereocenters. The maximum atomic E-state index is 13.1. The molecule has 1 aliphatic heterocycles. The van der Waals surface area contributed by atoms with Crippen molar-refractivity contribution in [3.8, 4) is 0 Å². The number of aryl methyl sites for hydroxylation is 2. The van der Waals surface area contributed by atoms with Crippen molar-refractivity contribution in [1.29, 1.82) is 0 Å². The molecule has 158 valence electrons. The minimum absolute atomic E-state index is 0.136. The van der Waals surface area contributed by atoms with Crippen molar-refractivity contribution in [1.82, 2.24) is 14.2 Å². The predicted molar refractivity (Wildman–Crippen MR) is 120 cm³/mol. The number of nitrogens with zero attached hydrogens (tertiary/aromatic N) is 3. The van der Waals surface area contributed by atoms with Gasteiger partial charge in [0.05, 0.1) is 18.8 Å². The molecule has 1 amide bonds. The molecule has 0 spiro atoms. The summed E-state index contributed by atoms with van der Waals surface area (Å²) in [6.45, 7) is 0.987. The van der Waals surface area contributed by atoms with E-state index in [0.29, 0.717) is 18.1 Å². The van der Waals surface area contributed by atoms with Gasteiger partial charge >= 0.3 is 0 Å². The van der Waals surface area contributed by atoms with E-state index in [4.69, 9.17) is 16.6 Å². The van der Waals surface area contributed by atoms with Gasteiger partial charge in [0.15, 0.2) is 0 Å². The van der Waals surface area contributed by atoms with Crippen LogP contribution >= 0.6 is 34.3 Å². The second-order valence-corrected chi connectivity index (χ2v) is 12.4. The molecule has 30 heavy (non-hydrogen) atoms. The molecular weight excluding hydrogens is 462 g/mol. The minimum atomic E-state index is -3.72. The normalized spacial score (nSPS) is 18.2. The molecule has 1 fully saturated rings. The molecule has 2 aliphatic rings. The van der Waals surface area contributed by atoms with Gasteiger partial charge in [0.25, 0.3) is 10.0 Å². The van der Waals surface area contributed by atoms with Crippen LogP contribution in [0.1, 0.15) is 28.4 Å². The van der Waals surface area contributed by atoms with Crippen molar-refractivity contribution in [3.05, 3.63) is 44.9 Å². The van der Waals surface area contributed by atoms with Crippen LogP contribution in [-0.4, -0.2) is 48.1 Å². The second kappa shape index (κ2) is 7.87. The first kappa shape index (κ1) is 20.4. The summed E-state index contributed by atoms with van der Waals surface area (Å²) in [5.74, 6) is -0.179. The summed E-state index contributed by atoms with van der Waals surface area (Å²) in [5, 5.41) is 2.36. The molecule has 5 rings (SSSR count). The van der Waals surface area contributed by atoms with Crippen LogP contribution in [0.3, 0.4) is 0 Å². The molecule has 1 aliphatic carbocycles. The number of fused-ring (bicyclic) bond motifs is 2. The van der Waals surface area contributed by atoms with Gasteiger partial charge in [-0.15, -0.1) is 22.7 Å². The zero-order chi connectivity index (χ0) is 20.9. The van der Waals surface area contributed by atoms with E-state index in [1.165, 1.54) is 39.1 Å². The van der Waals surface area contributed by atoms with Gasteiger partial charge in [0.1, 0.15) is 9.22 Å². The lowest BCUT2D eigenvalue weighted by Crippen LogP contribution is -2.51. The number of piperazine rings is 1. The third-order valence-electron chi connectivity index (χ3n) is 5.55. The van der Waals surface area contributed by atoms with E-state index in [2.05, 4.69) is 0 Å². The number of hydrogen-bond acceptors (Lipinski definition) is 6. The van der Waals surface area contributed by atoms with Gasteiger partial charge in [0, 0.05) is 27.7 Å². The Bertz CT molecular complexity index is 1210. The molecule has 3 aromatic rings. The summed E-state index contributed by atoms with van der Waals surface area (Å²) in [4.78, 5) is 20.5. The standard InChI is InChI=1S/C20H20ClN3O3S3/c21-14-6-5-13-9-20(29-17(13)10-14)30(26,27)24-8-7-23(19(25)12-24)11-18-22-15-3-1-2-4-16(15)28-18/h5-6,9-10H,1-4,7-8,11-12H2. The maximum absolute atomic E-state index is 13.1. The lowest BCUT2D eigenvalue weighted by Gasteiger charge is -2.32. The summed E-state index contributed by atoms with van der Waals surface area (Å²) >= 11 is 8.89. The summed E-state index contributed by atoms with van der Waals surface area (Å²) in [6.07, 6.45) is 4.48. The third kappa shape index (κ3) is 3.78. The van der Waals surface area contributed by atoms with E-state index in [-0.39, 0.29) is 23.2 Å². The minimum Gasteiger partial charge on any atom is -0.333 e. The van der Waals surface area contributed by atoms with Crippen LogP contribution in [-0.2, 0) is 34.2 Å². The second-order valence-electron chi connectivity index (χ2n) is 7.59. The van der Waals surface area contributed by atoms with E-state index < -0.39 is 10.0 Å². The van der Waals surface area contributed by atoms with Crippen LogP contribution in [0.2, 0.25) is 5.02 Å². The van der Waals surface area contributed by atoms with Crippen molar-refractivity contribution in [2.75, 3.05) is 19.6 Å². The number of sulfonamides is 1. The molecule has 0 atom stereocenters. The fraction of sp³-hybridized carbons (Fsp3) is 0.400. The zero-order valence-corrected chi connectivity index (χ0v) is 19.3. The van der Waals surface area contributed by atoms with Crippen LogP contribution in [0.4, 0.5) is 0 Å². The highest BCUT2D eigenvalue weighted by atomic mass is 35.5. The third-order valence-corrected chi connectivity index (χ3v) is 10.3. The van der Waals surface area contributed by atoms with Crippen molar-refractivity contribution >= 4 is 60.3 Å². The van der Waals surface area contributed by atoms with Crippen molar-refractivity contribution in [2.45, 2.75) is 36.4 Å². The zero-order valence-electron chi connectivity index (χ0n) is 16.1. The quantitative estimate of drug-likeness (QED) is 0.566. The molecule has 0 bridgehead atoms. The molecule has 1 saturated heterocycles. The van der Waals surface area contributed by atoms with Crippen molar-refractivity contribution < 1.29 is 13.2 Å². The van der Waals surface area contributed by atoms with E-state index in [0.717, 1.165) is 27.9 Å². The smallest absolute Gasteiger partial charge is 0.253 e. The molecule has 10 heteroatoms. The maximum Gasteiger partial charge on any atom is 0.253 e. The molecule has 0 saturated carbocycles. The lowest BCUT2D eigenvalue weighted by molar-refractivity contribution is -0.134. The average Bonchev–Trinajstić information content (AvgIpc) is 3.32. The number of halogens is 1. The number of carbonyl (C=O) groups is 1. The highest BCUT2D eigenvalue weighted by molar-refractivity contribution is 7.91. The van der Waals surface area contributed by atoms with Crippen LogP contribution in [0, 0.1) is 0 Å². The Morgan fingerprint density at radius 3 is 2.73 bits per heavy atom. The van der Waals surface area contributed by atoms with Gasteiger partial charge in [-0.2, -0.15) is 4.31 Å². The topological polar surface area (TPSA) is 70.6 Å². The summed E-state index contributed by atoms with van der Waals surface area (Å²) in [5.41, 5.74) is 1.18. The molecule has 0 N–H and O–H groups in total. The fourth-order valence-electron chi connectivity index (χ4n) is 3.93. The summed E-state index contributed by atoms with van der Waals surface area (Å²) in [7, 11) is -3.72. The molecule has 0 radical (unpaired) electrons. The van der Waals surface area contributed by atoms with Crippen molar-refractivity contribution in [2.24, 2.45) is 0 Å². The predicted octanol–water partition coefficient (Wildman–Crippen LogP) is 3.92. The highest BCUT2D eigenvalue weighted by Crippen LogP contribution is 2.33. The van der Waals surface area contributed by atoms with Crippen LogP contribution in [0.15, 0.2) is 28.5 Å². The van der Waals surface area contributed by atoms with Gasteiger partial charge in [-0.3, -0.25) is 4.79 Å². The highest BCUT2D eigenvalue weighted by Gasteiger charge is 2.34. The van der Waals surface area contributed by atoms with Crippen LogP contribution in [0.25, 0.3) is 10.1 Å². The Kier molecular flexibility index (Phi) is 5.35. The van der Waals surface area contributed by atoms with E-state index in [9.17, 15) is 13.2 Å². The fourth-order valence-corrected chi connectivity index (χ4v) is 8.31. The number of thiazole rings is 1. The van der Waals surface area contributed by atoms with Crippen LogP contribution in [0.5, 0.6) is 0 Å². The van der Waals surface area contributed by atoms with Gasteiger partial charge in [-0.25, -0.2) is 13.4 Å². The number of carbonyl (C=O) groups excluding carboxylic acids is 1. The van der Waals surface area contributed by atoms with E-state index in [1.807, 2.05) is 6.07 Å². The molecular formula is C20H20ClN3O3S3. The number of benzene rings is 1. The Hall–Kier alpha value is -1.52. The average molecular weight is 482 g/mol. The Morgan fingerprint density at radius 2 is 1.93 bits per heavy atom. The number of aromatic nitrogens is 1. The van der Waals surface area contributed by atoms with Gasteiger partial charge < -0.3 is 4.90 Å². The molecule has 3 heterocycles. The molecule has 1 aromatic carbocycles. The van der Waals surface area contributed by atoms with Crippen molar-refractivity contribution in [3.63, 3.8) is 0 Å². The van der Waals surface area contributed by atoms with Crippen LogP contribution < -0.4 is 0 Å². The van der Waals surface area contributed by atoms with E-state index in [1.54, 1.807) is 34.4 Å². The number of thiophene rings is 1. The Morgan fingerprint density at radius 1 is 1.10 bits per heavy atom. The number of hydrogen-bond donors (Lipinski definition) is 0. The first-order chi connectivity index (χ1) is 14.4. The Labute approximate surface area is 188 Å². The van der Waals surface area contributed by atoms with Gasteiger partial charge in [-0.05, 0) is 49.3 Å². The number of rotatable bonds is 4. The van der Waals surface area contributed by atoms with Gasteiger partial charge in [0.2, 0.25) is 5.91 Å². The van der Waals surface area contributed by atoms with Gasteiger partial charge in [-0.1, -0.05) is 17.7 Å². The monoisotopic (exact) mass is 481 g/mol. The Balaban J connectivity index is 1.30. The lowest BCUT2D eigenvalue weighted by atomic mass is 10.0. The summed E-state index contributed by atoms with van der Waals surface area (Å²) < 4.78 is 28.6. The SMILES string of the molecule is O=C1CN(S(=O)(=O)c2cc3ccc(Cl)cc3s2)CCN1Cc1nc2c(s1)CCCC2. The first-order valence-electron chi connectivity index (χ1n) is 9.84. The summed E-state index contributed by atoms with van der Waals surface area (Å²) in [6, 6.07) is 6.97. The molecule has 2 aromatic heterocycles. The number of amides is 1. The molecule has 6 nitrogen and oxygen atoms in total. The first-order valence-corrected chi connectivity index (χ1v) is 13.3.